The van der Waals surface area contributed by atoms with Crippen LogP contribution >= 0.6 is 0 Å². The normalized spacial score (nSPS) is 16.0. The molecule has 24 heavy (non-hydrogen) atoms. The van der Waals surface area contributed by atoms with Gasteiger partial charge in [-0.05, 0) is 6.07 Å². The molecule has 0 amide bonds. The molecule has 0 aliphatic heterocycles. The highest BCUT2D eigenvalue weighted by molar-refractivity contribution is 5.65. The Morgan fingerprint density at radius 1 is 1.00 bits per heavy atom. The molecule has 0 bridgehead atoms. The van der Waals surface area contributed by atoms with Crippen molar-refractivity contribution in [1.82, 2.24) is 0 Å². The molecule has 12 nitrogen and oxygen atoms in total. The van der Waals surface area contributed by atoms with Gasteiger partial charge in [0.05, 0.1) is 28.6 Å². The number of nitrogens with one attached hydrogen (secondary N) is 1. The Kier molecular flexibility index (Phi) is 6.94. The van der Waals surface area contributed by atoms with Gasteiger partial charge in [-0.25, -0.2) is 0 Å². The summed E-state index contributed by atoms with van der Waals surface area (Å²) in [6.45, 7) is -1.30. The fraction of sp³-hybridized carbons (Fsp3) is 0.500. The van der Waals surface area contributed by atoms with E-state index in [2.05, 4.69) is 5.32 Å². The molecule has 0 fully saturated rings. The van der Waals surface area contributed by atoms with Crippen LogP contribution < -0.4 is 5.32 Å². The number of aliphatic hydroxyl groups excluding tert-OH is 5. The van der Waals surface area contributed by atoms with Gasteiger partial charge >= 0.3 is 0 Å². The van der Waals surface area contributed by atoms with Crippen molar-refractivity contribution in [3.63, 3.8) is 0 Å². The third-order valence-electron chi connectivity index (χ3n) is 3.22. The van der Waals surface area contributed by atoms with Crippen molar-refractivity contribution in [2.24, 2.45) is 0 Å². The Morgan fingerprint density at radius 3 is 2.08 bits per heavy atom. The lowest BCUT2D eigenvalue weighted by Crippen LogP contribution is -2.48. The highest BCUT2D eigenvalue weighted by Crippen LogP contribution is 2.28. The Balaban J connectivity index is 2.83. The standard InChI is InChI=1S/C12H17N3O9/c16-5-10(18)12(20)11(19)9(17)4-13-7-2-1-6(14(21)22)3-8(7)15(23)24/h1-3,9-13,16-20H,4-5H2/t9-,10-,11-,12-/m1/s1. The summed E-state index contributed by atoms with van der Waals surface area (Å²) >= 11 is 0. The predicted molar refractivity (Wildman–Crippen MR) is 79.4 cm³/mol. The van der Waals surface area contributed by atoms with Crippen LogP contribution in [0.3, 0.4) is 0 Å². The maximum atomic E-state index is 10.9. The molecule has 12 heteroatoms. The van der Waals surface area contributed by atoms with Gasteiger partial charge in [-0.1, -0.05) is 0 Å². The molecule has 4 atom stereocenters. The van der Waals surface area contributed by atoms with E-state index in [1.807, 2.05) is 0 Å². The Hall–Kier alpha value is -2.38. The monoisotopic (exact) mass is 347 g/mol. The molecule has 0 aliphatic rings. The molecule has 0 spiro atoms. The summed E-state index contributed by atoms with van der Waals surface area (Å²) in [5.41, 5.74) is -1.25. The van der Waals surface area contributed by atoms with Gasteiger partial charge < -0.3 is 30.8 Å². The second-order valence-corrected chi connectivity index (χ2v) is 4.90. The summed E-state index contributed by atoms with van der Waals surface area (Å²) in [6, 6.07) is 2.81. The molecule has 1 aromatic carbocycles. The van der Waals surface area contributed by atoms with Crippen molar-refractivity contribution in [2.75, 3.05) is 18.5 Å². The fourth-order valence-electron chi connectivity index (χ4n) is 1.83. The molecule has 134 valence electrons. The van der Waals surface area contributed by atoms with Crippen LogP contribution in [0.15, 0.2) is 18.2 Å². The smallest absolute Gasteiger partial charge is 0.299 e. The number of benzene rings is 1. The molecule has 0 heterocycles. The van der Waals surface area contributed by atoms with Crippen LogP contribution in [0.25, 0.3) is 0 Å². The van der Waals surface area contributed by atoms with Crippen LogP contribution in [0.1, 0.15) is 0 Å². The summed E-state index contributed by atoms with van der Waals surface area (Å²) in [6.07, 6.45) is -6.99. The quantitative estimate of drug-likeness (QED) is 0.222. The minimum atomic E-state index is -1.84. The molecular formula is C12H17N3O9. The second-order valence-electron chi connectivity index (χ2n) is 4.90. The van der Waals surface area contributed by atoms with E-state index in [0.29, 0.717) is 0 Å². The van der Waals surface area contributed by atoms with Crippen LogP contribution in [0, 0.1) is 20.2 Å². The topological polar surface area (TPSA) is 199 Å². The van der Waals surface area contributed by atoms with Gasteiger partial charge in [0.2, 0.25) is 0 Å². The van der Waals surface area contributed by atoms with E-state index >= 15 is 0 Å². The molecule has 0 radical (unpaired) electrons. The molecular weight excluding hydrogens is 330 g/mol. The second kappa shape index (κ2) is 8.47. The van der Waals surface area contributed by atoms with E-state index in [0.717, 1.165) is 18.2 Å². The third-order valence-corrected chi connectivity index (χ3v) is 3.22. The average molecular weight is 347 g/mol. The van der Waals surface area contributed by atoms with E-state index < -0.39 is 58.8 Å². The van der Waals surface area contributed by atoms with Crippen molar-refractivity contribution >= 4 is 17.1 Å². The maximum absolute atomic E-state index is 10.9. The molecule has 0 unspecified atom stereocenters. The zero-order valence-corrected chi connectivity index (χ0v) is 12.2. The highest BCUT2D eigenvalue weighted by Gasteiger charge is 2.30. The van der Waals surface area contributed by atoms with Gasteiger partial charge in [0, 0.05) is 12.6 Å². The van der Waals surface area contributed by atoms with E-state index in [-0.39, 0.29) is 5.69 Å². The number of non-ortho nitro benzene ring substituents is 1. The van der Waals surface area contributed by atoms with Gasteiger partial charge in [0.15, 0.2) is 0 Å². The lowest BCUT2D eigenvalue weighted by atomic mass is 10.0. The van der Waals surface area contributed by atoms with Crippen molar-refractivity contribution in [3.05, 3.63) is 38.4 Å². The number of nitrogens with zero attached hydrogens (tertiary/aromatic N) is 2. The maximum Gasteiger partial charge on any atom is 0.299 e. The number of aliphatic hydroxyl groups is 5. The number of nitro groups is 2. The van der Waals surface area contributed by atoms with E-state index in [4.69, 9.17) is 5.11 Å². The van der Waals surface area contributed by atoms with Gasteiger partial charge in [0.1, 0.15) is 24.0 Å². The van der Waals surface area contributed by atoms with E-state index in [1.165, 1.54) is 0 Å². The highest BCUT2D eigenvalue weighted by atomic mass is 16.6. The van der Waals surface area contributed by atoms with Crippen molar-refractivity contribution in [2.45, 2.75) is 24.4 Å². The largest absolute Gasteiger partial charge is 0.394 e. The number of anilines is 1. The number of hydrogen-bond donors (Lipinski definition) is 6. The Morgan fingerprint density at radius 2 is 1.58 bits per heavy atom. The third kappa shape index (κ3) is 4.81. The average Bonchev–Trinajstić information content (AvgIpc) is 2.56. The molecule has 0 saturated carbocycles. The molecule has 0 aromatic heterocycles. The minimum absolute atomic E-state index is 0.144. The minimum Gasteiger partial charge on any atom is -0.394 e. The lowest BCUT2D eigenvalue weighted by Gasteiger charge is -2.25. The van der Waals surface area contributed by atoms with Gasteiger partial charge in [-0.3, -0.25) is 20.2 Å². The zero-order valence-electron chi connectivity index (χ0n) is 12.2. The van der Waals surface area contributed by atoms with Crippen molar-refractivity contribution in [3.8, 4) is 0 Å². The van der Waals surface area contributed by atoms with Crippen molar-refractivity contribution in [1.29, 1.82) is 0 Å². The first-order valence-electron chi connectivity index (χ1n) is 6.68. The number of rotatable bonds is 9. The lowest BCUT2D eigenvalue weighted by molar-refractivity contribution is -0.393. The van der Waals surface area contributed by atoms with Crippen LogP contribution in [-0.4, -0.2) is 72.9 Å². The molecule has 0 saturated heterocycles. The number of hydrogen-bond acceptors (Lipinski definition) is 10. The van der Waals surface area contributed by atoms with Crippen molar-refractivity contribution < 1.29 is 35.4 Å². The molecule has 1 aromatic rings. The van der Waals surface area contributed by atoms with Gasteiger partial charge in [0.25, 0.3) is 11.4 Å². The SMILES string of the molecule is O=[N+]([O-])c1ccc(NC[C@@H](O)[C@@H](O)[C@H](O)[C@H](O)CO)c([N+](=O)[O-])c1. The van der Waals surface area contributed by atoms with E-state index in [1.54, 1.807) is 0 Å². The first kappa shape index (κ1) is 19.7. The van der Waals surface area contributed by atoms with Gasteiger partial charge in [-0.2, -0.15) is 0 Å². The van der Waals surface area contributed by atoms with Crippen LogP contribution in [-0.2, 0) is 0 Å². The molecule has 6 N–H and O–H groups in total. The zero-order chi connectivity index (χ0) is 18.4. The fourth-order valence-corrected chi connectivity index (χ4v) is 1.83. The summed E-state index contributed by atoms with van der Waals surface area (Å²) in [7, 11) is 0. The number of nitro benzene ring substituents is 2. The predicted octanol–water partition coefficient (Wildman–Crippen LogP) is -1.65. The first-order valence-corrected chi connectivity index (χ1v) is 6.68. The summed E-state index contributed by atoms with van der Waals surface area (Å²) in [5.74, 6) is 0. The van der Waals surface area contributed by atoms with Gasteiger partial charge in [-0.15, -0.1) is 0 Å². The summed E-state index contributed by atoms with van der Waals surface area (Å²) in [4.78, 5) is 19.9. The van der Waals surface area contributed by atoms with Crippen LogP contribution in [0.2, 0.25) is 0 Å². The summed E-state index contributed by atoms with van der Waals surface area (Å²) in [5, 5.41) is 70.7. The van der Waals surface area contributed by atoms with Crippen LogP contribution in [0.5, 0.6) is 0 Å². The Labute approximate surface area is 134 Å². The van der Waals surface area contributed by atoms with E-state index in [9.17, 15) is 40.7 Å². The Bertz CT molecular complexity index is 597. The molecule has 1 rings (SSSR count). The van der Waals surface area contributed by atoms with Crippen LogP contribution in [0.4, 0.5) is 17.1 Å². The molecule has 0 aliphatic carbocycles. The first-order chi connectivity index (χ1) is 11.2. The summed E-state index contributed by atoms with van der Waals surface area (Å²) < 4.78 is 0.